The summed E-state index contributed by atoms with van der Waals surface area (Å²) in [5.41, 5.74) is 6.03. The average molecular weight is 215 g/mol. The van der Waals surface area contributed by atoms with Crippen molar-refractivity contribution in [3.8, 4) is 0 Å². The number of hydrogen-bond acceptors (Lipinski definition) is 3. The van der Waals surface area contributed by atoms with Crippen molar-refractivity contribution >= 4 is 17.6 Å². The van der Waals surface area contributed by atoms with Gasteiger partial charge >= 0.3 is 5.97 Å². The lowest BCUT2D eigenvalue weighted by Crippen LogP contribution is -2.30. The van der Waals surface area contributed by atoms with E-state index in [-0.39, 0.29) is 0 Å². The molecule has 1 aromatic rings. The fraction of sp³-hybridized carbons (Fsp3) is 0.333. The number of carboxylic acid groups (broad SMARTS) is 1. The van der Waals surface area contributed by atoms with Crippen LogP contribution in [0.3, 0.4) is 0 Å². The molecule has 3 N–H and O–H groups in total. The highest BCUT2D eigenvalue weighted by Gasteiger charge is 2.12. The van der Waals surface area contributed by atoms with Crippen molar-refractivity contribution in [2.45, 2.75) is 18.9 Å². The van der Waals surface area contributed by atoms with Crippen molar-refractivity contribution in [3.05, 3.63) is 29.0 Å². The Balaban J connectivity index is 2.54. The summed E-state index contributed by atoms with van der Waals surface area (Å²) >= 11 is 5.84. The van der Waals surface area contributed by atoms with Gasteiger partial charge in [0.1, 0.15) is 6.04 Å². The van der Waals surface area contributed by atoms with E-state index >= 15 is 0 Å². The summed E-state index contributed by atoms with van der Waals surface area (Å²) in [7, 11) is 0. The summed E-state index contributed by atoms with van der Waals surface area (Å²) in [6.45, 7) is 0. The summed E-state index contributed by atoms with van der Waals surface area (Å²) in [5.74, 6) is -1.00. The molecule has 0 unspecified atom stereocenters. The molecule has 0 saturated heterocycles. The smallest absolute Gasteiger partial charge is 0.320 e. The summed E-state index contributed by atoms with van der Waals surface area (Å²) in [6.07, 6.45) is 2.44. The molecule has 0 amide bonds. The van der Waals surface area contributed by atoms with Crippen LogP contribution in [0, 0.1) is 0 Å². The molecule has 76 valence electrons. The molecule has 4 nitrogen and oxygen atoms in total. The third kappa shape index (κ3) is 2.97. The Morgan fingerprint density at radius 3 is 3.00 bits per heavy atom. The molecule has 14 heavy (non-hydrogen) atoms. The van der Waals surface area contributed by atoms with Gasteiger partial charge in [0.25, 0.3) is 0 Å². The van der Waals surface area contributed by atoms with E-state index in [0.29, 0.717) is 23.6 Å². The summed E-state index contributed by atoms with van der Waals surface area (Å²) in [5, 5.41) is 9.10. The summed E-state index contributed by atoms with van der Waals surface area (Å²) < 4.78 is 0. The monoisotopic (exact) mass is 214 g/mol. The molecule has 1 rings (SSSR count). The number of aryl methyl sites for hydroxylation is 1. The highest BCUT2D eigenvalue weighted by molar-refractivity contribution is 6.31. The van der Waals surface area contributed by atoms with E-state index in [2.05, 4.69) is 4.98 Å². The largest absolute Gasteiger partial charge is 0.480 e. The van der Waals surface area contributed by atoms with E-state index in [4.69, 9.17) is 22.4 Å². The minimum atomic E-state index is -1.00. The molecule has 0 aliphatic rings. The third-order valence-electron chi connectivity index (χ3n) is 1.84. The number of aliphatic carboxylic acids is 1. The number of nitrogens with two attached hydrogens (primary N) is 1. The van der Waals surface area contributed by atoms with Crippen LogP contribution in [-0.2, 0) is 11.2 Å². The highest BCUT2D eigenvalue weighted by Crippen LogP contribution is 2.14. The van der Waals surface area contributed by atoms with Crippen molar-refractivity contribution in [2.24, 2.45) is 5.73 Å². The van der Waals surface area contributed by atoms with Gasteiger partial charge in [0.2, 0.25) is 0 Å². The van der Waals surface area contributed by atoms with Gasteiger partial charge in [-0.1, -0.05) is 11.6 Å². The van der Waals surface area contributed by atoms with Gasteiger partial charge in [-0.3, -0.25) is 9.78 Å². The first-order valence-electron chi connectivity index (χ1n) is 4.19. The van der Waals surface area contributed by atoms with Crippen LogP contribution in [0.5, 0.6) is 0 Å². The number of carboxylic acids is 1. The molecule has 0 aliphatic heterocycles. The molecule has 5 heteroatoms. The van der Waals surface area contributed by atoms with E-state index in [9.17, 15) is 4.79 Å². The van der Waals surface area contributed by atoms with Crippen LogP contribution < -0.4 is 5.73 Å². The minimum absolute atomic E-state index is 0.339. The van der Waals surface area contributed by atoms with Crippen LogP contribution in [-0.4, -0.2) is 22.1 Å². The van der Waals surface area contributed by atoms with Gasteiger partial charge in [0, 0.05) is 6.20 Å². The Hall–Kier alpha value is -1.13. The molecular formula is C9H11ClN2O2. The second-order valence-corrected chi connectivity index (χ2v) is 3.32. The first kappa shape index (κ1) is 10.9. The van der Waals surface area contributed by atoms with Crippen LogP contribution in [0.25, 0.3) is 0 Å². The van der Waals surface area contributed by atoms with Crippen molar-refractivity contribution in [1.29, 1.82) is 0 Å². The number of hydrogen-bond donors (Lipinski definition) is 2. The van der Waals surface area contributed by atoms with Gasteiger partial charge in [0.15, 0.2) is 0 Å². The lowest BCUT2D eigenvalue weighted by molar-refractivity contribution is -0.138. The highest BCUT2D eigenvalue weighted by atomic mass is 35.5. The first-order chi connectivity index (χ1) is 6.61. The standard InChI is InChI=1S/C9H11ClN2O2/c10-6-2-1-5-12-8(6)4-3-7(11)9(13)14/h1-2,5,7H,3-4,11H2,(H,13,14)/t7-/m0/s1. The number of halogens is 1. The number of pyridine rings is 1. The van der Waals surface area contributed by atoms with E-state index in [1.165, 1.54) is 0 Å². The Labute approximate surface area is 86.7 Å². The van der Waals surface area contributed by atoms with E-state index < -0.39 is 12.0 Å². The maximum atomic E-state index is 10.4. The Morgan fingerprint density at radius 2 is 2.43 bits per heavy atom. The van der Waals surface area contributed by atoms with Crippen molar-refractivity contribution in [1.82, 2.24) is 4.98 Å². The second-order valence-electron chi connectivity index (χ2n) is 2.92. The molecule has 0 spiro atoms. The number of aromatic nitrogens is 1. The zero-order valence-corrected chi connectivity index (χ0v) is 8.24. The molecule has 0 aliphatic carbocycles. The average Bonchev–Trinajstić information content (AvgIpc) is 2.16. The van der Waals surface area contributed by atoms with Crippen LogP contribution in [0.4, 0.5) is 0 Å². The lowest BCUT2D eigenvalue weighted by Gasteiger charge is -2.06. The Kier molecular flexibility index (Phi) is 3.85. The van der Waals surface area contributed by atoms with Gasteiger partial charge in [-0.15, -0.1) is 0 Å². The molecule has 0 saturated carbocycles. The van der Waals surface area contributed by atoms with Gasteiger partial charge in [-0.05, 0) is 25.0 Å². The predicted molar refractivity (Wildman–Crippen MR) is 53.2 cm³/mol. The second kappa shape index (κ2) is 4.93. The normalized spacial score (nSPS) is 12.4. The van der Waals surface area contributed by atoms with Gasteiger partial charge < -0.3 is 10.8 Å². The molecule has 0 radical (unpaired) electrons. The van der Waals surface area contributed by atoms with Gasteiger partial charge in [-0.2, -0.15) is 0 Å². The first-order valence-corrected chi connectivity index (χ1v) is 4.57. The molecule has 1 atom stereocenters. The quantitative estimate of drug-likeness (QED) is 0.787. The third-order valence-corrected chi connectivity index (χ3v) is 2.19. The van der Waals surface area contributed by atoms with Crippen LogP contribution in [0.2, 0.25) is 5.02 Å². The number of nitrogens with zero attached hydrogens (tertiary/aromatic N) is 1. The predicted octanol–water partition coefficient (Wildman–Crippen LogP) is 1.08. The maximum Gasteiger partial charge on any atom is 0.320 e. The minimum Gasteiger partial charge on any atom is -0.480 e. The molecule has 0 bridgehead atoms. The van der Waals surface area contributed by atoms with Gasteiger partial charge in [0.05, 0.1) is 10.7 Å². The van der Waals surface area contributed by atoms with Gasteiger partial charge in [-0.25, -0.2) is 0 Å². The van der Waals surface area contributed by atoms with Crippen LogP contribution in [0.15, 0.2) is 18.3 Å². The van der Waals surface area contributed by atoms with Crippen LogP contribution in [0.1, 0.15) is 12.1 Å². The number of carbonyl (C=O) groups is 1. The Morgan fingerprint density at radius 1 is 1.71 bits per heavy atom. The molecule has 1 aromatic heterocycles. The SMILES string of the molecule is N[C@@H](CCc1ncccc1Cl)C(=O)O. The zero-order valence-electron chi connectivity index (χ0n) is 7.48. The fourth-order valence-electron chi connectivity index (χ4n) is 1.02. The maximum absolute atomic E-state index is 10.4. The van der Waals surface area contributed by atoms with E-state index in [1.807, 2.05) is 0 Å². The molecule has 1 heterocycles. The van der Waals surface area contributed by atoms with Crippen molar-refractivity contribution in [3.63, 3.8) is 0 Å². The van der Waals surface area contributed by atoms with E-state index in [0.717, 1.165) is 0 Å². The molecule has 0 aromatic carbocycles. The zero-order chi connectivity index (χ0) is 10.6. The summed E-state index contributed by atoms with van der Waals surface area (Å²) in [6, 6.07) is 2.59. The topological polar surface area (TPSA) is 76.2 Å². The molecule has 0 fully saturated rings. The van der Waals surface area contributed by atoms with E-state index in [1.54, 1.807) is 18.3 Å². The van der Waals surface area contributed by atoms with Crippen LogP contribution >= 0.6 is 11.6 Å². The summed E-state index contributed by atoms with van der Waals surface area (Å²) in [4.78, 5) is 14.5. The van der Waals surface area contributed by atoms with Crippen molar-refractivity contribution < 1.29 is 9.90 Å². The fourth-order valence-corrected chi connectivity index (χ4v) is 1.23. The Bertz CT molecular complexity index is 330. The lowest BCUT2D eigenvalue weighted by atomic mass is 10.1. The molecular weight excluding hydrogens is 204 g/mol. The van der Waals surface area contributed by atoms with Crippen molar-refractivity contribution in [2.75, 3.05) is 0 Å². The number of rotatable bonds is 4.